The molecule has 1 amide bonds. The van der Waals surface area contributed by atoms with E-state index in [0.717, 1.165) is 54.3 Å². The van der Waals surface area contributed by atoms with Gasteiger partial charge in [0.15, 0.2) is 0 Å². The van der Waals surface area contributed by atoms with Crippen LogP contribution >= 0.6 is 11.6 Å². The molecule has 0 saturated carbocycles. The first-order valence-corrected chi connectivity index (χ1v) is 11.2. The fourth-order valence-electron chi connectivity index (χ4n) is 5.38. The van der Waals surface area contributed by atoms with Crippen LogP contribution in [0.1, 0.15) is 38.7 Å². The summed E-state index contributed by atoms with van der Waals surface area (Å²) < 4.78 is 0. The van der Waals surface area contributed by atoms with Crippen molar-refractivity contribution in [3.63, 3.8) is 0 Å². The average molecular weight is 417 g/mol. The molecule has 2 fully saturated rings. The second-order valence-corrected chi connectivity index (χ2v) is 9.51. The van der Waals surface area contributed by atoms with Crippen LogP contribution in [-0.4, -0.2) is 73.1 Å². The number of carbonyl (C=O) groups is 1. The van der Waals surface area contributed by atoms with Crippen LogP contribution in [-0.2, 0) is 4.79 Å². The highest BCUT2D eigenvalue weighted by Crippen LogP contribution is 2.39. The maximum atomic E-state index is 13.2. The van der Waals surface area contributed by atoms with E-state index in [-0.39, 0.29) is 5.91 Å². The standard InChI is InChI=1S/C23H33ClN4O/c1-15-12-28(13-16(2)25-15)23(29)14-27-10-9-19-6-8-21(26(19)4)17(3)20-11-18(24)5-7-22(20)27/h5,7,11,15-16,19,21,25H,3,6,8-10,12-14H2,1-2,4H3. The Labute approximate surface area is 179 Å². The van der Waals surface area contributed by atoms with Crippen LogP contribution in [0.4, 0.5) is 5.69 Å². The molecule has 3 heterocycles. The topological polar surface area (TPSA) is 38.8 Å². The molecule has 5 nitrogen and oxygen atoms in total. The molecule has 4 unspecified atom stereocenters. The van der Waals surface area contributed by atoms with Gasteiger partial charge in [0.05, 0.1) is 6.54 Å². The van der Waals surface area contributed by atoms with E-state index >= 15 is 0 Å². The zero-order valence-corrected chi connectivity index (χ0v) is 18.6. The van der Waals surface area contributed by atoms with Gasteiger partial charge in [0.2, 0.25) is 5.91 Å². The van der Waals surface area contributed by atoms with Crippen molar-refractivity contribution in [3.05, 3.63) is 35.4 Å². The third-order valence-corrected chi connectivity index (χ3v) is 7.09. The van der Waals surface area contributed by atoms with Crippen molar-refractivity contribution in [1.82, 2.24) is 15.1 Å². The molecule has 4 rings (SSSR count). The highest BCUT2D eigenvalue weighted by molar-refractivity contribution is 6.30. The Hall–Kier alpha value is -1.56. The fraction of sp³-hybridized carbons (Fsp3) is 0.609. The third-order valence-electron chi connectivity index (χ3n) is 6.86. The minimum atomic E-state index is 0.203. The Balaban J connectivity index is 1.62. The van der Waals surface area contributed by atoms with Crippen LogP contribution < -0.4 is 10.2 Å². The number of rotatable bonds is 2. The van der Waals surface area contributed by atoms with E-state index in [1.165, 1.54) is 6.42 Å². The molecular formula is C23H33ClN4O. The molecule has 3 aliphatic rings. The molecule has 0 aliphatic carbocycles. The number of hydrogen-bond acceptors (Lipinski definition) is 4. The number of amides is 1. The summed E-state index contributed by atoms with van der Waals surface area (Å²) in [6.07, 6.45) is 3.39. The summed E-state index contributed by atoms with van der Waals surface area (Å²) >= 11 is 6.37. The first-order valence-electron chi connectivity index (χ1n) is 10.8. The van der Waals surface area contributed by atoms with Crippen molar-refractivity contribution in [3.8, 4) is 0 Å². The third kappa shape index (κ3) is 4.18. The van der Waals surface area contributed by atoms with E-state index in [4.69, 9.17) is 11.6 Å². The van der Waals surface area contributed by atoms with E-state index in [1.54, 1.807) is 0 Å². The molecule has 2 saturated heterocycles. The van der Waals surface area contributed by atoms with Gasteiger partial charge in [0.25, 0.3) is 0 Å². The lowest BCUT2D eigenvalue weighted by Crippen LogP contribution is -2.57. The highest BCUT2D eigenvalue weighted by atomic mass is 35.5. The molecule has 6 heteroatoms. The number of nitrogens with one attached hydrogen (secondary N) is 1. The number of likely N-dealkylation sites (N-methyl/N-ethyl adjacent to an activating group) is 1. The zero-order chi connectivity index (χ0) is 20.7. The molecule has 0 spiro atoms. The minimum absolute atomic E-state index is 0.203. The lowest BCUT2D eigenvalue weighted by Gasteiger charge is -2.38. The summed E-state index contributed by atoms with van der Waals surface area (Å²) in [4.78, 5) is 20.0. The van der Waals surface area contributed by atoms with Crippen molar-refractivity contribution in [1.29, 1.82) is 0 Å². The predicted molar refractivity (Wildman–Crippen MR) is 121 cm³/mol. The number of halogens is 1. The number of hydrogen-bond donors (Lipinski definition) is 1. The first-order chi connectivity index (χ1) is 13.8. The van der Waals surface area contributed by atoms with Gasteiger partial charge in [0.1, 0.15) is 0 Å². The molecule has 29 heavy (non-hydrogen) atoms. The summed E-state index contributed by atoms with van der Waals surface area (Å²) in [6, 6.07) is 7.57. The molecule has 3 aliphatic heterocycles. The smallest absolute Gasteiger partial charge is 0.242 e. The maximum absolute atomic E-state index is 13.2. The van der Waals surface area contributed by atoms with Crippen molar-refractivity contribution in [2.24, 2.45) is 0 Å². The quantitative estimate of drug-likeness (QED) is 0.803. The Kier molecular flexibility index (Phi) is 5.92. The summed E-state index contributed by atoms with van der Waals surface area (Å²) in [5.74, 6) is 0.203. The number of benzene rings is 1. The van der Waals surface area contributed by atoms with Crippen LogP contribution in [0.2, 0.25) is 5.02 Å². The fourth-order valence-corrected chi connectivity index (χ4v) is 5.56. The van der Waals surface area contributed by atoms with Crippen molar-refractivity contribution in [2.45, 2.75) is 57.3 Å². The SMILES string of the molecule is C=C1c2cc(Cl)ccc2N(CC(=O)N2CC(C)NC(C)C2)CCC2CCC1N2C. The van der Waals surface area contributed by atoms with E-state index in [0.29, 0.717) is 30.7 Å². The maximum Gasteiger partial charge on any atom is 0.242 e. The van der Waals surface area contributed by atoms with Gasteiger partial charge >= 0.3 is 0 Å². The molecule has 4 atom stereocenters. The minimum Gasteiger partial charge on any atom is -0.362 e. The predicted octanol–water partition coefficient (Wildman–Crippen LogP) is 3.23. The van der Waals surface area contributed by atoms with E-state index < -0.39 is 0 Å². The Morgan fingerprint density at radius 1 is 1.21 bits per heavy atom. The molecule has 2 bridgehead atoms. The van der Waals surface area contributed by atoms with Crippen molar-refractivity contribution in [2.75, 3.05) is 38.1 Å². The molecule has 1 N–H and O–H groups in total. The van der Waals surface area contributed by atoms with Gasteiger partial charge in [-0.2, -0.15) is 0 Å². The Bertz CT molecular complexity index is 787. The van der Waals surface area contributed by atoms with Gasteiger partial charge in [0, 0.05) is 60.1 Å². The van der Waals surface area contributed by atoms with Crippen molar-refractivity contribution < 1.29 is 4.79 Å². The zero-order valence-electron chi connectivity index (χ0n) is 17.8. The van der Waals surface area contributed by atoms with E-state index in [9.17, 15) is 4.79 Å². The van der Waals surface area contributed by atoms with Crippen LogP contribution in [0.15, 0.2) is 24.8 Å². The van der Waals surface area contributed by atoms with Gasteiger partial charge in [-0.3, -0.25) is 9.69 Å². The number of nitrogens with zero attached hydrogens (tertiary/aromatic N) is 3. The Morgan fingerprint density at radius 3 is 2.66 bits per heavy atom. The second-order valence-electron chi connectivity index (χ2n) is 9.08. The molecule has 158 valence electrons. The van der Waals surface area contributed by atoms with E-state index in [2.05, 4.69) is 48.7 Å². The lowest BCUT2D eigenvalue weighted by atomic mass is 9.95. The normalized spacial score (nSPS) is 30.6. The van der Waals surface area contributed by atoms with Gasteiger partial charge in [-0.15, -0.1) is 0 Å². The summed E-state index contributed by atoms with van der Waals surface area (Å²) in [5, 5.41) is 4.23. The lowest BCUT2D eigenvalue weighted by molar-refractivity contribution is -0.131. The molecule has 1 aromatic carbocycles. The van der Waals surface area contributed by atoms with Gasteiger partial charge in [-0.25, -0.2) is 0 Å². The summed E-state index contributed by atoms with van der Waals surface area (Å²) in [7, 11) is 2.21. The number of piperazine rings is 1. The average Bonchev–Trinajstić information content (AvgIpc) is 3.04. The largest absolute Gasteiger partial charge is 0.362 e. The van der Waals surface area contributed by atoms with Crippen LogP contribution in [0.25, 0.3) is 5.57 Å². The van der Waals surface area contributed by atoms with Gasteiger partial charge in [-0.1, -0.05) is 18.2 Å². The van der Waals surface area contributed by atoms with Crippen molar-refractivity contribution >= 4 is 28.8 Å². The van der Waals surface area contributed by atoms with Crippen LogP contribution in [0.5, 0.6) is 0 Å². The first kappa shape index (κ1) is 20.7. The monoisotopic (exact) mass is 416 g/mol. The molecule has 1 aromatic rings. The highest BCUT2D eigenvalue weighted by Gasteiger charge is 2.36. The molecule has 0 aromatic heterocycles. The summed E-state index contributed by atoms with van der Waals surface area (Å²) in [5.41, 5.74) is 3.30. The number of fused-ring (bicyclic) bond motifs is 3. The van der Waals surface area contributed by atoms with Gasteiger partial charge in [-0.05, 0) is 63.9 Å². The second kappa shape index (κ2) is 8.29. The van der Waals surface area contributed by atoms with Crippen LogP contribution in [0.3, 0.4) is 0 Å². The van der Waals surface area contributed by atoms with E-state index in [1.807, 2.05) is 17.0 Å². The Morgan fingerprint density at radius 2 is 1.93 bits per heavy atom. The summed E-state index contributed by atoms with van der Waals surface area (Å²) in [6.45, 7) is 11.6. The van der Waals surface area contributed by atoms with Gasteiger partial charge < -0.3 is 15.1 Å². The number of anilines is 1. The number of carbonyl (C=O) groups excluding carboxylic acids is 1. The van der Waals surface area contributed by atoms with Crippen LogP contribution in [0, 0.1) is 0 Å². The molecular weight excluding hydrogens is 384 g/mol. The molecule has 0 radical (unpaired) electrons.